The van der Waals surface area contributed by atoms with Crippen molar-refractivity contribution in [2.75, 3.05) is 0 Å². The van der Waals surface area contributed by atoms with Crippen molar-refractivity contribution in [1.82, 2.24) is 0 Å². The molecule has 86 valence electrons. The van der Waals surface area contributed by atoms with Gasteiger partial charge in [-0.05, 0) is 47.6 Å². The molecule has 0 radical (unpaired) electrons. The minimum atomic E-state index is 0.895. The monoisotopic (exact) mass is 214 g/mol. The molecule has 3 rings (SSSR count). The molecule has 1 aromatic rings. The Balaban J connectivity index is 1.99. The second kappa shape index (κ2) is 3.91. The summed E-state index contributed by atoms with van der Waals surface area (Å²) < 4.78 is 0. The number of rotatable bonds is 2. The van der Waals surface area contributed by atoms with Crippen molar-refractivity contribution in [2.45, 2.75) is 45.4 Å². The number of hydrogen-bond donors (Lipinski definition) is 0. The van der Waals surface area contributed by atoms with Crippen LogP contribution in [-0.4, -0.2) is 0 Å². The zero-order chi connectivity index (χ0) is 11.1. The molecule has 0 saturated heterocycles. The van der Waals surface area contributed by atoms with Gasteiger partial charge in [-0.3, -0.25) is 0 Å². The molecule has 0 aliphatic heterocycles. The Kier molecular flexibility index (Phi) is 2.53. The molecule has 0 aromatic heterocycles. The Morgan fingerprint density at radius 3 is 2.56 bits per heavy atom. The molecule has 1 fully saturated rings. The van der Waals surface area contributed by atoms with Crippen molar-refractivity contribution in [3.8, 4) is 0 Å². The first-order valence-electron chi connectivity index (χ1n) is 6.93. The van der Waals surface area contributed by atoms with Gasteiger partial charge in [-0.2, -0.15) is 0 Å². The molecular weight excluding hydrogens is 192 g/mol. The molecule has 2 aliphatic carbocycles. The van der Waals surface area contributed by atoms with Gasteiger partial charge < -0.3 is 0 Å². The van der Waals surface area contributed by atoms with Crippen LogP contribution in [0.15, 0.2) is 24.3 Å². The molecule has 4 atom stereocenters. The van der Waals surface area contributed by atoms with Crippen molar-refractivity contribution in [2.24, 2.45) is 17.8 Å². The fourth-order valence-electron chi connectivity index (χ4n) is 4.32. The van der Waals surface area contributed by atoms with E-state index in [1.54, 1.807) is 11.1 Å². The summed E-state index contributed by atoms with van der Waals surface area (Å²) in [5.41, 5.74) is 3.34. The highest BCUT2D eigenvalue weighted by Gasteiger charge is 2.46. The van der Waals surface area contributed by atoms with Gasteiger partial charge in [0.15, 0.2) is 0 Å². The maximum absolute atomic E-state index is 2.39. The van der Waals surface area contributed by atoms with Crippen LogP contribution in [0.5, 0.6) is 0 Å². The van der Waals surface area contributed by atoms with Crippen molar-refractivity contribution >= 4 is 0 Å². The Morgan fingerprint density at radius 2 is 1.81 bits per heavy atom. The number of fused-ring (bicyclic) bond motifs is 3. The van der Waals surface area contributed by atoms with Crippen molar-refractivity contribution in [3.05, 3.63) is 35.4 Å². The smallest absolute Gasteiger partial charge is 0.00967 e. The highest BCUT2D eigenvalue weighted by atomic mass is 14.5. The van der Waals surface area contributed by atoms with E-state index in [0.717, 1.165) is 23.7 Å². The summed E-state index contributed by atoms with van der Waals surface area (Å²) >= 11 is 0. The van der Waals surface area contributed by atoms with Crippen LogP contribution in [-0.2, 0) is 6.42 Å². The van der Waals surface area contributed by atoms with Gasteiger partial charge in [0.2, 0.25) is 0 Å². The van der Waals surface area contributed by atoms with Gasteiger partial charge in [0, 0.05) is 0 Å². The lowest BCUT2D eigenvalue weighted by molar-refractivity contribution is 0.369. The third kappa shape index (κ3) is 1.35. The zero-order valence-electron chi connectivity index (χ0n) is 10.4. The Hall–Kier alpha value is -0.780. The van der Waals surface area contributed by atoms with E-state index >= 15 is 0 Å². The summed E-state index contributed by atoms with van der Waals surface area (Å²) in [7, 11) is 0. The van der Waals surface area contributed by atoms with E-state index in [0.29, 0.717) is 0 Å². The molecule has 2 aliphatic rings. The lowest BCUT2D eigenvalue weighted by atomic mass is 9.86. The van der Waals surface area contributed by atoms with Crippen molar-refractivity contribution in [3.63, 3.8) is 0 Å². The van der Waals surface area contributed by atoms with Crippen LogP contribution in [0, 0.1) is 17.8 Å². The zero-order valence-corrected chi connectivity index (χ0v) is 10.4. The lowest BCUT2D eigenvalue weighted by Gasteiger charge is -2.18. The molecular formula is C16H22. The van der Waals surface area contributed by atoms with E-state index in [-0.39, 0.29) is 0 Å². The summed E-state index contributed by atoms with van der Waals surface area (Å²) in [5.74, 6) is 3.81. The van der Waals surface area contributed by atoms with E-state index in [1.165, 1.54) is 25.7 Å². The predicted octanol–water partition coefficient (Wildman–Crippen LogP) is 4.40. The average molecular weight is 214 g/mol. The Labute approximate surface area is 99.1 Å². The lowest BCUT2D eigenvalue weighted by Crippen LogP contribution is -2.10. The normalized spacial score (nSPS) is 36.1. The summed E-state index contributed by atoms with van der Waals surface area (Å²) in [4.78, 5) is 0. The molecule has 0 bridgehead atoms. The first kappa shape index (κ1) is 10.4. The second-order valence-corrected chi connectivity index (χ2v) is 5.66. The third-order valence-electron chi connectivity index (χ3n) is 5.10. The van der Waals surface area contributed by atoms with E-state index in [4.69, 9.17) is 0 Å². The van der Waals surface area contributed by atoms with Crippen molar-refractivity contribution < 1.29 is 0 Å². The van der Waals surface area contributed by atoms with Gasteiger partial charge >= 0.3 is 0 Å². The summed E-state index contributed by atoms with van der Waals surface area (Å²) in [6.07, 6.45) is 5.59. The molecule has 16 heavy (non-hydrogen) atoms. The highest BCUT2D eigenvalue weighted by molar-refractivity contribution is 5.38. The average Bonchev–Trinajstić information content (AvgIpc) is 2.85. The fraction of sp³-hybridized carbons (Fsp3) is 0.625. The number of hydrogen-bond acceptors (Lipinski definition) is 0. The predicted molar refractivity (Wildman–Crippen MR) is 68.6 cm³/mol. The van der Waals surface area contributed by atoms with E-state index in [2.05, 4.69) is 38.1 Å². The molecule has 0 heterocycles. The quantitative estimate of drug-likeness (QED) is 0.684. The molecule has 1 saturated carbocycles. The van der Waals surface area contributed by atoms with Crippen LogP contribution in [0.4, 0.5) is 0 Å². The van der Waals surface area contributed by atoms with Crippen LogP contribution >= 0.6 is 0 Å². The van der Waals surface area contributed by atoms with E-state index < -0.39 is 0 Å². The van der Waals surface area contributed by atoms with Crippen LogP contribution in [0.2, 0.25) is 0 Å². The summed E-state index contributed by atoms with van der Waals surface area (Å²) in [6.45, 7) is 4.75. The number of benzene rings is 1. The maximum Gasteiger partial charge on any atom is -0.00967 e. The van der Waals surface area contributed by atoms with Gasteiger partial charge in [-0.25, -0.2) is 0 Å². The van der Waals surface area contributed by atoms with E-state index in [1.807, 2.05) is 0 Å². The summed E-state index contributed by atoms with van der Waals surface area (Å²) in [5, 5.41) is 0. The Bertz CT molecular complexity index is 379. The van der Waals surface area contributed by atoms with Crippen LogP contribution < -0.4 is 0 Å². The minimum absolute atomic E-state index is 0.895. The summed E-state index contributed by atoms with van der Waals surface area (Å²) in [6, 6.07) is 9.18. The van der Waals surface area contributed by atoms with Crippen LogP contribution in [0.25, 0.3) is 0 Å². The largest absolute Gasteiger partial charge is 0.0651 e. The highest BCUT2D eigenvalue weighted by Crippen LogP contribution is 2.56. The Morgan fingerprint density at radius 1 is 1.06 bits per heavy atom. The maximum atomic E-state index is 2.39. The molecule has 0 amide bonds. The van der Waals surface area contributed by atoms with Gasteiger partial charge in [-0.1, -0.05) is 51.0 Å². The molecule has 0 nitrogen and oxygen atoms in total. The second-order valence-electron chi connectivity index (χ2n) is 5.66. The standard InChI is InChI=1S/C16H22/c1-3-11-9-12(4-2)16-14-8-6-5-7-13(14)10-15(11)16/h5-8,11-12,15-16H,3-4,9-10H2,1-2H3. The minimum Gasteiger partial charge on any atom is -0.0651 e. The molecule has 4 unspecified atom stereocenters. The molecule has 1 aromatic carbocycles. The third-order valence-corrected chi connectivity index (χ3v) is 5.10. The SMILES string of the molecule is CCC1CC(CC)C2c3ccccc3CC12. The topological polar surface area (TPSA) is 0 Å². The van der Waals surface area contributed by atoms with Crippen molar-refractivity contribution in [1.29, 1.82) is 0 Å². The van der Waals surface area contributed by atoms with Gasteiger partial charge in [0.1, 0.15) is 0 Å². The first-order valence-corrected chi connectivity index (χ1v) is 6.93. The van der Waals surface area contributed by atoms with E-state index in [9.17, 15) is 0 Å². The fourth-order valence-corrected chi connectivity index (χ4v) is 4.32. The van der Waals surface area contributed by atoms with Crippen LogP contribution in [0.1, 0.15) is 50.2 Å². The molecule has 0 heteroatoms. The van der Waals surface area contributed by atoms with Gasteiger partial charge in [0.05, 0.1) is 0 Å². The van der Waals surface area contributed by atoms with Gasteiger partial charge in [-0.15, -0.1) is 0 Å². The van der Waals surface area contributed by atoms with Crippen LogP contribution in [0.3, 0.4) is 0 Å². The first-order chi connectivity index (χ1) is 7.85. The molecule has 0 N–H and O–H groups in total. The molecule has 0 spiro atoms. The van der Waals surface area contributed by atoms with Gasteiger partial charge in [0.25, 0.3) is 0 Å².